The first kappa shape index (κ1) is 15.5. The summed E-state index contributed by atoms with van der Waals surface area (Å²) in [6.07, 6.45) is 0. The van der Waals surface area contributed by atoms with Gasteiger partial charge in [-0.15, -0.1) is 0 Å². The Hall–Kier alpha value is -3.60. The summed E-state index contributed by atoms with van der Waals surface area (Å²) in [5, 5.41) is 1.17. The second kappa shape index (κ2) is 5.23. The highest BCUT2D eigenvalue weighted by molar-refractivity contribution is 6.01. The van der Waals surface area contributed by atoms with E-state index in [0.29, 0.717) is 0 Å². The SMILES string of the molecule is COc1ccc2c(c1C)c1n(c3ccccc3[n+]1C)c1nc3ccccc3n21. The molecule has 0 radical (unpaired) electrons. The maximum atomic E-state index is 5.65. The Labute approximate surface area is 161 Å². The monoisotopic (exact) mass is 367 g/mol. The zero-order chi connectivity index (χ0) is 19.0. The minimum Gasteiger partial charge on any atom is -0.496 e. The van der Waals surface area contributed by atoms with E-state index in [0.717, 1.165) is 44.8 Å². The van der Waals surface area contributed by atoms with E-state index in [4.69, 9.17) is 9.72 Å². The molecule has 0 fully saturated rings. The summed E-state index contributed by atoms with van der Waals surface area (Å²) in [5.74, 6) is 1.81. The van der Waals surface area contributed by atoms with Gasteiger partial charge in [-0.2, -0.15) is 9.38 Å². The van der Waals surface area contributed by atoms with E-state index < -0.39 is 0 Å². The Bertz CT molecular complexity index is 1570. The number of rotatable bonds is 1. The molecule has 136 valence electrons. The number of methoxy groups -OCH3 is 1. The first-order valence-electron chi connectivity index (χ1n) is 9.36. The van der Waals surface area contributed by atoms with Crippen LogP contribution in [0.4, 0.5) is 0 Å². The average molecular weight is 367 g/mol. The number of fused-ring (bicyclic) bond motifs is 10. The lowest BCUT2D eigenvalue weighted by molar-refractivity contribution is -0.617. The third-order valence-electron chi connectivity index (χ3n) is 5.83. The fourth-order valence-corrected chi connectivity index (χ4v) is 4.57. The second-order valence-electron chi connectivity index (χ2n) is 7.23. The van der Waals surface area contributed by atoms with Gasteiger partial charge in [0.15, 0.2) is 11.0 Å². The number of benzene rings is 3. The molecule has 0 unspecified atom stereocenters. The number of imidazole rings is 2. The van der Waals surface area contributed by atoms with Crippen LogP contribution in [0.25, 0.3) is 44.4 Å². The number of aryl methyl sites for hydroxylation is 2. The van der Waals surface area contributed by atoms with E-state index >= 15 is 0 Å². The van der Waals surface area contributed by atoms with Gasteiger partial charge in [0.1, 0.15) is 5.75 Å². The van der Waals surface area contributed by atoms with Gasteiger partial charge < -0.3 is 4.74 Å². The van der Waals surface area contributed by atoms with Crippen molar-refractivity contribution in [3.05, 3.63) is 66.2 Å². The number of hydrogen-bond acceptors (Lipinski definition) is 2. The highest BCUT2D eigenvalue weighted by atomic mass is 16.5. The molecule has 6 rings (SSSR count). The first-order chi connectivity index (χ1) is 13.7. The summed E-state index contributed by atoms with van der Waals surface area (Å²) in [5.41, 5.74) is 7.79. The van der Waals surface area contributed by atoms with Crippen LogP contribution in [0.2, 0.25) is 0 Å². The lowest BCUT2D eigenvalue weighted by atomic mass is 10.1. The summed E-state index contributed by atoms with van der Waals surface area (Å²) in [4.78, 5) is 5.01. The van der Waals surface area contributed by atoms with Gasteiger partial charge in [0.05, 0.1) is 36.1 Å². The molecule has 3 aromatic heterocycles. The van der Waals surface area contributed by atoms with Crippen LogP contribution in [0.15, 0.2) is 60.7 Å². The molecular weight excluding hydrogens is 348 g/mol. The Balaban J connectivity index is 2.08. The first-order valence-corrected chi connectivity index (χ1v) is 9.36. The van der Waals surface area contributed by atoms with Gasteiger partial charge in [-0.3, -0.25) is 4.40 Å². The number of para-hydroxylation sites is 4. The lowest BCUT2D eigenvalue weighted by Gasteiger charge is -2.10. The molecule has 28 heavy (non-hydrogen) atoms. The average Bonchev–Trinajstić information content (AvgIpc) is 3.25. The molecule has 0 spiro atoms. The van der Waals surface area contributed by atoms with Gasteiger partial charge >= 0.3 is 5.78 Å². The largest absolute Gasteiger partial charge is 0.496 e. The molecule has 0 aliphatic carbocycles. The quantitative estimate of drug-likeness (QED) is 0.409. The highest BCUT2D eigenvalue weighted by Gasteiger charge is 2.27. The van der Waals surface area contributed by atoms with Crippen molar-refractivity contribution >= 4 is 44.4 Å². The third kappa shape index (κ3) is 1.71. The molecule has 3 heterocycles. The summed E-state index contributed by atoms with van der Waals surface area (Å²) in [6.45, 7) is 2.13. The van der Waals surface area contributed by atoms with Gasteiger partial charge in [0.25, 0.3) is 5.65 Å². The van der Waals surface area contributed by atoms with Crippen molar-refractivity contribution in [1.82, 2.24) is 13.8 Å². The number of nitrogens with zero attached hydrogens (tertiary/aromatic N) is 4. The van der Waals surface area contributed by atoms with Gasteiger partial charge in [-0.1, -0.05) is 24.3 Å². The Kier molecular flexibility index (Phi) is 2.88. The van der Waals surface area contributed by atoms with Crippen molar-refractivity contribution in [2.45, 2.75) is 6.92 Å². The highest BCUT2D eigenvalue weighted by Crippen LogP contribution is 2.34. The zero-order valence-electron chi connectivity index (χ0n) is 16.0. The lowest BCUT2D eigenvalue weighted by Crippen LogP contribution is -2.27. The maximum absolute atomic E-state index is 5.65. The summed E-state index contributed by atoms with van der Waals surface area (Å²) >= 11 is 0. The molecule has 0 aliphatic heterocycles. The standard InChI is InChI=1S/C23H19N4O/c1-14-20(28-3)13-12-19-21(14)22-25(2)17-10-6-7-11-18(17)27(22)23-24-15-8-4-5-9-16(15)26(19)23/h4-13H,1-3H3/q+1. The van der Waals surface area contributed by atoms with Crippen molar-refractivity contribution < 1.29 is 9.30 Å². The minimum absolute atomic E-state index is 0.892. The summed E-state index contributed by atoms with van der Waals surface area (Å²) in [6, 6.07) is 21.0. The van der Waals surface area contributed by atoms with E-state index in [1.807, 2.05) is 12.1 Å². The Morgan fingerprint density at radius 3 is 2.43 bits per heavy atom. The van der Waals surface area contributed by atoms with E-state index in [2.05, 4.69) is 75.9 Å². The van der Waals surface area contributed by atoms with Crippen LogP contribution in [0, 0.1) is 6.92 Å². The predicted octanol–water partition coefficient (Wildman–Crippen LogP) is 4.19. The Morgan fingerprint density at radius 2 is 1.61 bits per heavy atom. The molecule has 0 amide bonds. The van der Waals surface area contributed by atoms with E-state index in [-0.39, 0.29) is 0 Å². The van der Waals surface area contributed by atoms with Gasteiger partial charge in [-0.25, -0.2) is 4.57 Å². The van der Waals surface area contributed by atoms with Gasteiger partial charge in [0.2, 0.25) is 0 Å². The minimum atomic E-state index is 0.892. The Morgan fingerprint density at radius 1 is 0.857 bits per heavy atom. The molecule has 3 aromatic carbocycles. The van der Waals surface area contributed by atoms with Crippen LogP contribution in [0.5, 0.6) is 5.75 Å². The zero-order valence-corrected chi connectivity index (χ0v) is 16.0. The molecule has 0 saturated carbocycles. The van der Waals surface area contributed by atoms with E-state index in [1.165, 1.54) is 10.9 Å². The fourth-order valence-electron chi connectivity index (χ4n) is 4.57. The molecule has 0 saturated heterocycles. The van der Waals surface area contributed by atoms with Crippen LogP contribution < -0.4 is 9.30 Å². The van der Waals surface area contributed by atoms with Crippen molar-refractivity contribution in [1.29, 1.82) is 0 Å². The number of ether oxygens (including phenoxy) is 1. The molecule has 0 atom stereocenters. The van der Waals surface area contributed by atoms with Crippen LogP contribution >= 0.6 is 0 Å². The molecule has 0 bridgehead atoms. The van der Waals surface area contributed by atoms with Gasteiger partial charge in [0, 0.05) is 5.56 Å². The molecule has 0 aliphatic rings. The molecular formula is C23H19N4O+. The number of hydrogen-bond donors (Lipinski definition) is 0. The third-order valence-corrected chi connectivity index (χ3v) is 5.83. The fraction of sp³-hybridized carbons (Fsp3) is 0.130. The topological polar surface area (TPSA) is 34.8 Å². The second-order valence-corrected chi connectivity index (χ2v) is 7.23. The predicted molar refractivity (Wildman–Crippen MR) is 111 cm³/mol. The van der Waals surface area contributed by atoms with Gasteiger partial charge in [-0.05, 0) is 43.3 Å². The van der Waals surface area contributed by atoms with Crippen molar-refractivity contribution in [2.24, 2.45) is 7.05 Å². The maximum Gasteiger partial charge on any atom is 0.312 e. The van der Waals surface area contributed by atoms with Crippen LogP contribution in [-0.2, 0) is 7.05 Å². The van der Waals surface area contributed by atoms with Crippen LogP contribution in [0.3, 0.4) is 0 Å². The van der Waals surface area contributed by atoms with Crippen molar-refractivity contribution in [3.8, 4) is 5.75 Å². The van der Waals surface area contributed by atoms with Crippen molar-refractivity contribution in [3.63, 3.8) is 0 Å². The van der Waals surface area contributed by atoms with E-state index in [9.17, 15) is 0 Å². The normalized spacial score (nSPS) is 12.1. The van der Waals surface area contributed by atoms with Crippen LogP contribution in [0.1, 0.15) is 5.56 Å². The molecule has 5 heteroatoms. The number of aromatic nitrogens is 4. The summed E-state index contributed by atoms with van der Waals surface area (Å²) < 4.78 is 12.4. The van der Waals surface area contributed by atoms with E-state index in [1.54, 1.807) is 7.11 Å². The molecule has 0 N–H and O–H groups in total. The smallest absolute Gasteiger partial charge is 0.312 e. The summed E-state index contributed by atoms with van der Waals surface area (Å²) in [7, 11) is 3.85. The van der Waals surface area contributed by atoms with Crippen molar-refractivity contribution in [2.75, 3.05) is 7.11 Å². The molecule has 6 aromatic rings. The molecule has 5 nitrogen and oxygen atoms in total. The van der Waals surface area contributed by atoms with Crippen LogP contribution in [-0.4, -0.2) is 20.9 Å².